The zero-order valence-electron chi connectivity index (χ0n) is 15.8. The quantitative estimate of drug-likeness (QED) is 0.653. The van der Waals surface area contributed by atoms with Gasteiger partial charge in [0.2, 0.25) is 0 Å². The van der Waals surface area contributed by atoms with Crippen LogP contribution in [0.1, 0.15) is 48.8 Å². The van der Waals surface area contributed by atoms with E-state index in [0.717, 1.165) is 16.5 Å². The fraction of sp³-hybridized carbons (Fsp3) is 0.273. The van der Waals surface area contributed by atoms with E-state index in [1.165, 1.54) is 11.1 Å². The summed E-state index contributed by atoms with van der Waals surface area (Å²) in [4.78, 5) is 6.83. The van der Waals surface area contributed by atoms with Crippen LogP contribution in [0.4, 0.5) is 5.69 Å². The monoisotopic (exact) mass is 376 g/mol. The summed E-state index contributed by atoms with van der Waals surface area (Å²) in [5, 5.41) is 4.25. The zero-order valence-corrected chi connectivity index (χ0v) is 16.6. The molecular weight excluding hydrogens is 352 g/mol. The van der Waals surface area contributed by atoms with Gasteiger partial charge in [0.15, 0.2) is 5.11 Å². The predicted molar refractivity (Wildman–Crippen MR) is 114 cm³/mol. The Morgan fingerprint density at radius 2 is 1.96 bits per heavy atom. The number of hydrogen-bond acceptors (Lipinski definition) is 2. The summed E-state index contributed by atoms with van der Waals surface area (Å²) in [5.41, 5.74) is 4.55. The molecule has 4 rings (SSSR count). The summed E-state index contributed by atoms with van der Waals surface area (Å²) in [6.07, 6.45) is 6.21. The Balaban J connectivity index is 1.82. The van der Waals surface area contributed by atoms with Gasteiger partial charge < -0.3 is 14.8 Å². The minimum absolute atomic E-state index is 0.00206. The van der Waals surface area contributed by atoms with Crippen molar-refractivity contribution >= 4 is 23.0 Å². The van der Waals surface area contributed by atoms with Crippen LogP contribution in [0.2, 0.25) is 0 Å². The van der Waals surface area contributed by atoms with Crippen LogP contribution in [-0.2, 0) is 0 Å². The fourth-order valence-electron chi connectivity index (χ4n) is 3.68. The molecule has 3 heterocycles. The number of anilines is 1. The molecule has 1 aliphatic heterocycles. The summed E-state index contributed by atoms with van der Waals surface area (Å²) in [6, 6.07) is 17.2. The highest BCUT2D eigenvalue weighted by Gasteiger charge is 2.41. The third kappa shape index (κ3) is 3.35. The lowest BCUT2D eigenvalue weighted by molar-refractivity contribution is 0.560. The van der Waals surface area contributed by atoms with E-state index in [2.05, 4.69) is 89.3 Å². The largest absolute Gasteiger partial charge is 0.351 e. The van der Waals surface area contributed by atoms with E-state index in [0.29, 0.717) is 6.04 Å². The van der Waals surface area contributed by atoms with Crippen molar-refractivity contribution in [2.24, 2.45) is 0 Å². The maximum atomic E-state index is 5.76. The summed E-state index contributed by atoms with van der Waals surface area (Å²) in [5.74, 6) is 0. The zero-order chi connectivity index (χ0) is 19.0. The highest BCUT2D eigenvalue weighted by molar-refractivity contribution is 7.80. The van der Waals surface area contributed by atoms with Crippen molar-refractivity contribution in [3.63, 3.8) is 0 Å². The van der Waals surface area contributed by atoms with E-state index >= 15 is 0 Å². The van der Waals surface area contributed by atoms with Crippen LogP contribution in [0.15, 0.2) is 67.1 Å². The number of hydrogen-bond donors (Lipinski definition) is 1. The lowest BCUT2D eigenvalue weighted by Gasteiger charge is -2.27. The maximum absolute atomic E-state index is 5.76. The van der Waals surface area contributed by atoms with E-state index in [-0.39, 0.29) is 12.1 Å². The molecule has 2 aromatic heterocycles. The molecule has 1 aromatic carbocycles. The first-order valence-corrected chi connectivity index (χ1v) is 9.70. The summed E-state index contributed by atoms with van der Waals surface area (Å²) in [6.45, 7) is 6.49. The molecule has 138 valence electrons. The third-order valence-electron chi connectivity index (χ3n) is 5.05. The van der Waals surface area contributed by atoms with Crippen LogP contribution in [0, 0.1) is 6.92 Å². The fourth-order valence-corrected chi connectivity index (χ4v) is 4.02. The van der Waals surface area contributed by atoms with E-state index in [4.69, 9.17) is 12.2 Å². The molecule has 1 aliphatic rings. The van der Waals surface area contributed by atoms with Gasteiger partial charge >= 0.3 is 0 Å². The molecule has 0 unspecified atom stereocenters. The average molecular weight is 377 g/mol. The van der Waals surface area contributed by atoms with E-state index in [1.807, 2.05) is 18.3 Å². The lowest BCUT2D eigenvalue weighted by atomic mass is 9.98. The van der Waals surface area contributed by atoms with Gasteiger partial charge in [-0.2, -0.15) is 0 Å². The van der Waals surface area contributed by atoms with Gasteiger partial charge in [-0.1, -0.05) is 18.2 Å². The van der Waals surface area contributed by atoms with Crippen molar-refractivity contribution in [2.75, 3.05) is 4.90 Å². The van der Waals surface area contributed by atoms with E-state index < -0.39 is 0 Å². The first kappa shape index (κ1) is 17.7. The summed E-state index contributed by atoms with van der Waals surface area (Å²) < 4.78 is 2.24. The highest BCUT2D eigenvalue weighted by Crippen LogP contribution is 2.41. The molecule has 1 N–H and O–H groups in total. The Kier molecular flexibility index (Phi) is 4.70. The smallest absolute Gasteiger partial charge is 0.174 e. The molecule has 27 heavy (non-hydrogen) atoms. The van der Waals surface area contributed by atoms with Crippen molar-refractivity contribution < 1.29 is 0 Å². The molecule has 0 radical (unpaired) electrons. The number of aryl methyl sites for hydroxylation is 1. The first-order valence-electron chi connectivity index (χ1n) is 9.29. The number of benzene rings is 1. The van der Waals surface area contributed by atoms with Crippen molar-refractivity contribution in [3.05, 3.63) is 83.9 Å². The molecule has 0 aliphatic carbocycles. The van der Waals surface area contributed by atoms with Crippen LogP contribution in [0.3, 0.4) is 0 Å². The highest BCUT2D eigenvalue weighted by atomic mass is 32.1. The van der Waals surface area contributed by atoms with Crippen molar-refractivity contribution in [3.8, 4) is 0 Å². The molecule has 3 aromatic rings. The van der Waals surface area contributed by atoms with Crippen LogP contribution in [0.25, 0.3) is 0 Å². The number of nitrogens with one attached hydrogen (secondary N) is 1. The van der Waals surface area contributed by atoms with Gasteiger partial charge in [-0.15, -0.1) is 0 Å². The van der Waals surface area contributed by atoms with Gasteiger partial charge in [-0.3, -0.25) is 4.98 Å². The van der Waals surface area contributed by atoms with Crippen molar-refractivity contribution in [2.45, 2.75) is 38.9 Å². The van der Waals surface area contributed by atoms with Crippen LogP contribution in [-0.4, -0.2) is 14.7 Å². The second-order valence-electron chi connectivity index (χ2n) is 7.32. The van der Waals surface area contributed by atoms with Gasteiger partial charge in [-0.25, -0.2) is 0 Å². The number of rotatable bonds is 4. The second kappa shape index (κ2) is 7.16. The average Bonchev–Trinajstić information content (AvgIpc) is 3.27. The van der Waals surface area contributed by atoms with Gasteiger partial charge in [-0.05, 0) is 74.4 Å². The Bertz CT molecular complexity index is 948. The van der Waals surface area contributed by atoms with Gasteiger partial charge in [0, 0.05) is 30.3 Å². The van der Waals surface area contributed by atoms with Crippen LogP contribution >= 0.6 is 12.2 Å². The molecule has 2 atom stereocenters. The molecule has 5 heteroatoms. The molecule has 1 saturated heterocycles. The molecule has 0 spiro atoms. The topological polar surface area (TPSA) is 33.1 Å². The summed E-state index contributed by atoms with van der Waals surface area (Å²) in [7, 11) is 0. The minimum Gasteiger partial charge on any atom is -0.351 e. The number of nitrogens with zero attached hydrogens (tertiary/aromatic N) is 3. The predicted octanol–water partition coefficient (Wildman–Crippen LogP) is 4.95. The van der Waals surface area contributed by atoms with Crippen LogP contribution in [0.5, 0.6) is 0 Å². The maximum Gasteiger partial charge on any atom is 0.174 e. The SMILES string of the molecule is Cc1cccc(N2C(=S)N[C@H](c3ccccn3)[C@@H]2c2ccn(C(C)C)c2)c1. The Labute approximate surface area is 165 Å². The first-order chi connectivity index (χ1) is 13.0. The van der Waals surface area contributed by atoms with Crippen LogP contribution < -0.4 is 10.2 Å². The molecule has 0 bridgehead atoms. The number of pyridine rings is 1. The second-order valence-corrected chi connectivity index (χ2v) is 7.71. The Morgan fingerprint density at radius 1 is 1.11 bits per heavy atom. The minimum atomic E-state index is 0.00206. The van der Waals surface area contributed by atoms with E-state index in [1.54, 1.807) is 0 Å². The van der Waals surface area contributed by atoms with Gasteiger partial charge in [0.05, 0.1) is 17.8 Å². The standard InChI is InChI=1S/C22H24N4S/c1-15(2)25-12-10-17(14-25)21-20(19-9-4-5-11-23-19)24-22(27)26(21)18-8-6-7-16(3)13-18/h4-15,20-21H,1-3H3,(H,24,27)/t20-,21+/m1/s1. The molecular formula is C22H24N4S. The lowest BCUT2D eigenvalue weighted by Crippen LogP contribution is -2.29. The molecule has 0 amide bonds. The van der Waals surface area contributed by atoms with E-state index in [9.17, 15) is 0 Å². The third-order valence-corrected chi connectivity index (χ3v) is 5.37. The molecule has 1 fully saturated rings. The summed E-state index contributed by atoms with van der Waals surface area (Å²) >= 11 is 5.76. The Morgan fingerprint density at radius 3 is 2.63 bits per heavy atom. The molecule has 0 saturated carbocycles. The Hall–Kier alpha value is -2.66. The van der Waals surface area contributed by atoms with Crippen molar-refractivity contribution in [1.82, 2.24) is 14.9 Å². The molecule has 4 nitrogen and oxygen atoms in total. The number of thiocarbonyl (C=S) groups is 1. The van der Waals surface area contributed by atoms with Crippen molar-refractivity contribution in [1.29, 1.82) is 0 Å². The number of aromatic nitrogens is 2. The van der Waals surface area contributed by atoms with Gasteiger partial charge in [0.1, 0.15) is 0 Å². The van der Waals surface area contributed by atoms with Gasteiger partial charge in [0.25, 0.3) is 0 Å². The normalized spacial score (nSPS) is 19.6.